The predicted octanol–water partition coefficient (Wildman–Crippen LogP) is 2.33. The maximum absolute atomic E-state index is 12.4. The Labute approximate surface area is 108 Å². The van der Waals surface area contributed by atoms with Crippen LogP contribution in [0.25, 0.3) is 0 Å². The first-order chi connectivity index (χ1) is 8.61. The van der Waals surface area contributed by atoms with Gasteiger partial charge in [-0.1, -0.05) is 12.1 Å². The molecule has 18 heavy (non-hydrogen) atoms. The van der Waals surface area contributed by atoms with Gasteiger partial charge >= 0.3 is 0 Å². The quantitative estimate of drug-likeness (QED) is 0.551. The highest BCUT2D eigenvalue weighted by atomic mass is 16.7. The van der Waals surface area contributed by atoms with Crippen molar-refractivity contribution in [1.82, 2.24) is 0 Å². The molecule has 0 saturated carbocycles. The number of hydrogen-bond acceptors (Lipinski definition) is 4. The molecule has 0 bridgehead atoms. The molecule has 0 aliphatic carbocycles. The first kappa shape index (κ1) is 14.7. The number of ether oxygens (including phenoxy) is 2. The molecule has 4 nitrogen and oxygen atoms in total. The number of carbonyl (C=O) groups excluding carboxylic acids is 1. The molecule has 0 atom stereocenters. The number of ketones is 1. The van der Waals surface area contributed by atoms with E-state index in [0.29, 0.717) is 18.8 Å². The predicted molar refractivity (Wildman–Crippen MR) is 72.1 cm³/mol. The minimum atomic E-state index is -0.818. The zero-order valence-electron chi connectivity index (χ0n) is 11.5. The van der Waals surface area contributed by atoms with Crippen LogP contribution in [0.2, 0.25) is 0 Å². The zero-order valence-corrected chi connectivity index (χ0v) is 11.5. The maximum Gasteiger partial charge on any atom is 0.222 e. The average Bonchev–Trinajstić information content (AvgIpc) is 2.37. The number of Topliss-reactive ketones (excluding diaryl/α,β-unsaturated/α-hetero) is 1. The molecule has 0 spiro atoms. The van der Waals surface area contributed by atoms with E-state index in [1.54, 1.807) is 6.07 Å². The Balaban J connectivity index is 3.00. The Hall–Kier alpha value is -1.39. The second kappa shape index (κ2) is 7.13. The lowest BCUT2D eigenvalue weighted by Crippen LogP contribution is -2.29. The summed E-state index contributed by atoms with van der Waals surface area (Å²) in [4.78, 5) is 14.3. The summed E-state index contributed by atoms with van der Waals surface area (Å²) in [6.07, 6.45) is -0.818. The molecule has 0 aliphatic rings. The Morgan fingerprint density at radius 1 is 1.17 bits per heavy atom. The molecule has 0 amide bonds. The molecule has 0 saturated heterocycles. The summed E-state index contributed by atoms with van der Waals surface area (Å²) in [7, 11) is 3.81. The third-order valence-corrected chi connectivity index (χ3v) is 2.50. The fourth-order valence-electron chi connectivity index (χ4n) is 1.70. The molecule has 0 N–H and O–H groups in total. The van der Waals surface area contributed by atoms with Gasteiger partial charge in [-0.05, 0) is 26.0 Å². The lowest BCUT2D eigenvalue weighted by atomic mass is 10.1. The van der Waals surface area contributed by atoms with Gasteiger partial charge in [0.25, 0.3) is 0 Å². The number of para-hydroxylation sites is 1. The molecule has 0 fully saturated rings. The van der Waals surface area contributed by atoms with Crippen LogP contribution in [0.1, 0.15) is 24.2 Å². The number of anilines is 1. The monoisotopic (exact) mass is 251 g/mol. The van der Waals surface area contributed by atoms with E-state index >= 15 is 0 Å². The van der Waals surface area contributed by atoms with Gasteiger partial charge in [0.1, 0.15) is 0 Å². The van der Waals surface area contributed by atoms with E-state index in [0.717, 1.165) is 5.69 Å². The van der Waals surface area contributed by atoms with Crippen LogP contribution in [0, 0.1) is 0 Å². The largest absolute Gasteiger partial charge is 0.377 e. The third kappa shape index (κ3) is 3.55. The standard InChI is InChI=1S/C14H21NO3/c1-5-17-14(18-6-2)13(16)11-9-7-8-10-12(11)15(3)4/h7-10,14H,5-6H2,1-4H3. The number of hydrogen-bond donors (Lipinski definition) is 0. The number of nitrogens with zero attached hydrogens (tertiary/aromatic N) is 1. The van der Waals surface area contributed by atoms with E-state index in [1.807, 2.05) is 51.0 Å². The summed E-state index contributed by atoms with van der Waals surface area (Å²) in [6, 6.07) is 7.45. The van der Waals surface area contributed by atoms with Crippen molar-refractivity contribution in [2.24, 2.45) is 0 Å². The number of benzene rings is 1. The van der Waals surface area contributed by atoms with Gasteiger partial charge in [-0.2, -0.15) is 0 Å². The summed E-state index contributed by atoms with van der Waals surface area (Å²) in [5, 5.41) is 0. The summed E-state index contributed by atoms with van der Waals surface area (Å²) in [6.45, 7) is 4.58. The number of carbonyl (C=O) groups is 1. The van der Waals surface area contributed by atoms with Gasteiger partial charge in [0.15, 0.2) is 0 Å². The van der Waals surface area contributed by atoms with Gasteiger partial charge in [-0.25, -0.2) is 0 Å². The molecule has 1 aromatic rings. The smallest absolute Gasteiger partial charge is 0.222 e. The van der Waals surface area contributed by atoms with Crippen molar-refractivity contribution < 1.29 is 14.3 Å². The summed E-state index contributed by atoms with van der Waals surface area (Å²) in [5.74, 6) is -0.136. The van der Waals surface area contributed by atoms with Crippen LogP contribution < -0.4 is 4.90 Å². The Bertz CT molecular complexity index is 384. The van der Waals surface area contributed by atoms with Crippen molar-refractivity contribution in [3.8, 4) is 0 Å². The maximum atomic E-state index is 12.4. The van der Waals surface area contributed by atoms with Crippen molar-refractivity contribution in [1.29, 1.82) is 0 Å². The van der Waals surface area contributed by atoms with Crippen LogP contribution in [-0.2, 0) is 9.47 Å². The topological polar surface area (TPSA) is 38.8 Å². The van der Waals surface area contributed by atoms with E-state index in [-0.39, 0.29) is 5.78 Å². The lowest BCUT2D eigenvalue weighted by molar-refractivity contribution is -0.107. The summed E-state index contributed by atoms with van der Waals surface area (Å²) >= 11 is 0. The van der Waals surface area contributed by atoms with E-state index in [1.165, 1.54) is 0 Å². The number of rotatable bonds is 7. The summed E-state index contributed by atoms with van der Waals surface area (Å²) in [5.41, 5.74) is 1.49. The van der Waals surface area contributed by atoms with Crippen molar-refractivity contribution in [3.63, 3.8) is 0 Å². The van der Waals surface area contributed by atoms with Gasteiger partial charge in [0, 0.05) is 38.6 Å². The average molecular weight is 251 g/mol. The van der Waals surface area contributed by atoms with Crippen LogP contribution in [0.4, 0.5) is 5.69 Å². The van der Waals surface area contributed by atoms with Crippen LogP contribution in [0.5, 0.6) is 0 Å². The van der Waals surface area contributed by atoms with Crippen molar-refractivity contribution in [2.45, 2.75) is 20.1 Å². The third-order valence-electron chi connectivity index (χ3n) is 2.50. The summed E-state index contributed by atoms with van der Waals surface area (Å²) < 4.78 is 10.7. The zero-order chi connectivity index (χ0) is 13.5. The van der Waals surface area contributed by atoms with Gasteiger partial charge in [-0.3, -0.25) is 4.79 Å². The Morgan fingerprint density at radius 2 is 1.72 bits per heavy atom. The molecular weight excluding hydrogens is 230 g/mol. The molecule has 0 aromatic heterocycles. The minimum absolute atomic E-state index is 0.136. The molecule has 100 valence electrons. The van der Waals surface area contributed by atoms with Gasteiger partial charge in [0.2, 0.25) is 12.1 Å². The van der Waals surface area contributed by atoms with Gasteiger partial charge in [0.05, 0.1) is 0 Å². The van der Waals surface area contributed by atoms with Crippen LogP contribution >= 0.6 is 0 Å². The van der Waals surface area contributed by atoms with Crippen LogP contribution in [0.3, 0.4) is 0 Å². The van der Waals surface area contributed by atoms with E-state index in [4.69, 9.17) is 9.47 Å². The molecule has 1 aromatic carbocycles. The van der Waals surface area contributed by atoms with E-state index in [2.05, 4.69) is 0 Å². The first-order valence-electron chi connectivity index (χ1n) is 6.15. The van der Waals surface area contributed by atoms with Crippen molar-refractivity contribution >= 4 is 11.5 Å². The molecule has 0 radical (unpaired) electrons. The van der Waals surface area contributed by atoms with E-state index in [9.17, 15) is 4.79 Å². The highest BCUT2D eigenvalue weighted by Crippen LogP contribution is 2.20. The molecule has 0 aliphatic heterocycles. The highest BCUT2D eigenvalue weighted by Gasteiger charge is 2.23. The second-order valence-corrected chi connectivity index (χ2v) is 4.02. The molecule has 0 heterocycles. The Morgan fingerprint density at radius 3 is 2.22 bits per heavy atom. The van der Waals surface area contributed by atoms with Crippen LogP contribution in [0.15, 0.2) is 24.3 Å². The fraction of sp³-hybridized carbons (Fsp3) is 0.500. The van der Waals surface area contributed by atoms with Gasteiger partial charge in [-0.15, -0.1) is 0 Å². The lowest BCUT2D eigenvalue weighted by Gasteiger charge is -2.20. The van der Waals surface area contributed by atoms with Crippen molar-refractivity contribution in [3.05, 3.63) is 29.8 Å². The normalized spacial score (nSPS) is 10.7. The van der Waals surface area contributed by atoms with Gasteiger partial charge < -0.3 is 14.4 Å². The molecule has 4 heteroatoms. The molecular formula is C14H21NO3. The molecule has 0 unspecified atom stereocenters. The highest BCUT2D eigenvalue weighted by molar-refractivity contribution is 6.03. The fourth-order valence-corrected chi connectivity index (χ4v) is 1.70. The van der Waals surface area contributed by atoms with Crippen LogP contribution in [-0.4, -0.2) is 39.4 Å². The SMILES string of the molecule is CCOC(OCC)C(=O)c1ccccc1N(C)C. The van der Waals surface area contributed by atoms with E-state index < -0.39 is 6.29 Å². The first-order valence-corrected chi connectivity index (χ1v) is 6.15. The van der Waals surface area contributed by atoms with Crippen molar-refractivity contribution in [2.75, 3.05) is 32.2 Å². The minimum Gasteiger partial charge on any atom is -0.377 e. The second-order valence-electron chi connectivity index (χ2n) is 4.02. The molecule has 1 rings (SSSR count). The Kier molecular flexibility index (Phi) is 5.82.